The van der Waals surface area contributed by atoms with Gasteiger partial charge in [-0.2, -0.15) is 0 Å². The van der Waals surface area contributed by atoms with E-state index in [0.717, 1.165) is 0 Å². The lowest BCUT2D eigenvalue weighted by Crippen LogP contribution is -2.18. The Hall–Kier alpha value is -2.05. The summed E-state index contributed by atoms with van der Waals surface area (Å²) in [5.41, 5.74) is -0.977. The molecule has 0 bridgehead atoms. The van der Waals surface area contributed by atoms with Crippen LogP contribution >= 0.6 is 0 Å². The molecule has 0 fully saturated rings. The Labute approximate surface area is 77.8 Å². The maximum atomic E-state index is 11.0. The van der Waals surface area contributed by atoms with Gasteiger partial charge < -0.3 is 10.2 Å². The summed E-state index contributed by atoms with van der Waals surface area (Å²) in [6.07, 6.45) is 0. The van der Waals surface area contributed by atoms with E-state index in [9.17, 15) is 14.4 Å². The minimum Gasteiger partial charge on any atom is -0.481 e. The van der Waals surface area contributed by atoms with E-state index in [-0.39, 0.29) is 5.57 Å². The molecule has 14 heavy (non-hydrogen) atoms. The van der Waals surface area contributed by atoms with E-state index in [0.29, 0.717) is 0 Å². The van der Waals surface area contributed by atoms with Gasteiger partial charge in [0.05, 0.1) is 11.5 Å². The van der Waals surface area contributed by atoms with Gasteiger partial charge in [-0.1, -0.05) is 0 Å². The zero-order valence-corrected chi connectivity index (χ0v) is 7.09. The second kappa shape index (κ2) is 3.36. The molecule has 0 aromatic carbocycles. The summed E-state index contributed by atoms with van der Waals surface area (Å²) >= 11 is 0. The van der Waals surface area contributed by atoms with Crippen LogP contribution < -0.4 is 0 Å². The number of rotatable bonds is 3. The number of nitrogens with zero attached hydrogens (tertiary/aromatic N) is 2. The Bertz CT molecular complexity index is 382. The highest BCUT2D eigenvalue weighted by atomic mass is 16.4. The molecule has 0 aliphatic carbocycles. The van der Waals surface area contributed by atoms with E-state index in [1.54, 1.807) is 0 Å². The Morgan fingerprint density at radius 2 is 1.86 bits per heavy atom. The van der Waals surface area contributed by atoms with Crippen LogP contribution in [0.2, 0.25) is 0 Å². The van der Waals surface area contributed by atoms with Crippen LogP contribution in [0.1, 0.15) is 6.92 Å². The SMILES string of the molecule is CC(C(=O)O)C1=C(C(=O)O)N=NC1=O. The normalized spacial score (nSPS) is 17.4. The third-order valence-corrected chi connectivity index (χ3v) is 1.73. The molecule has 2 N–H and O–H groups in total. The predicted octanol–water partition coefficient (Wildman–Crippen LogP) is 0.0382. The van der Waals surface area contributed by atoms with Gasteiger partial charge in [-0.25, -0.2) is 4.79 Å². The Balaban J connectivity index is 3.17. The van der Waals surface area contributed by atoms with Crippen LogP contribution in [0.4, 0.5) is 0 Å². The van der Waals surface area contributed by atoms with Gasteiger partial charge >= 0.3 is 11.9 Å². The van der Waals surface area contributed by atoms with E-state index < -0.39 is 29.5 Å². The van der Waals surface area contributed by atoms with Crippen molar-refractivity contribution >= 4 is 17.8 Å². The Morgan fingerprint density at radius 3 is 2.29 bits per heavy atom. The van der Waals surface area contributed by atoms with Gasteiger partial charge in [0.2, 0.25) is 0 Å². The molecule has 1 aliphatic rings. The van der Waals surface area contributed by atoms with E-state index in [1.807, 2.05) is 0 Å². The van der Waals surface area contributed by atoms with E-state index in [2.05, 4.69) is 10.2 Å². The van der Waals surface area contributed by atoms with Crippen molar-refractivity contribution in [2.75, 3.05) is 0 Å². The molecule has 0 saturated carbocycles. The molecule has 0 aromatic heterocycles. The quantitative estimate of drug-likeness (QED) is 0.663. The standard InChI is InChI=1S/C7H6N2O5/c1-2(6(11)12)3-4(7(13)14)8-9-5(3)10/h2H,1H3,(H,11,12)(H,13,14). The van der Waals surface area contributed by atoms with Gasteiger partial charge in [0.25, 0.3) is 5.91 Å². The lowest BCUT2D eigenvalue weighted by atomic mass is 9.99. The molecule has 1 aliphatic heterocycles. The topological polar surface area (TPSA) is 116 Å². The molecular formula is C7H6N2O5. The lowest BCUT2D eigenvalue weighted by molar-refractivity contribution is -0.140. The van der Waals surface area contributed by atoms with Gasteiger partial charge in [-0.15, -0.1) is 10.2 Å². The number of carboxylic acid groups (broad SMARTS) is 2. The fraction of sp³-hybridized carbons (Fsp3) is 0.286. The summed E-state index contributed by atoms with van der Waals surface area (Å²) in [5, 5.41) is 23.3. The van der Waals surface area contributed by atoms with Crippen molar-refractivity contribution in [3.63, 3.8) is 0 Å². The minimum atomic E-state index is -1.46. The van der Waals surface area contributed by atoms with Gasteiger partial charge in [0, 0.05) is 0 Å². The molecular weight excluding hydrogens is 192 g/mol. The number of carbonyl (C=O) groups is 3. The van der Waals surface area contributed by atoms with Crippen LogP contribution in [0.5, 0.6) is 0 Å². The summed E-state index contributed by atoms with van der Waals surface area (Å²) in [5.74, 6) is -4.87. The maximum absolute atomic E-state index is 11.0. The van der Waals surface area contributed by atoms with Crippen LogP contribution in [0, 0.1) is 5.92 Å². The smallest absolute Gasteiger partial charge is 0.356 e. The Kier molecular flexibility index (Phi) is 2.41. The second-order valence-corrected chi connectivity index (χ2v) is 2.63. The molecule has 1 unspecified atom stereocenters. The first-order valence-electron chi connectivity index (χ1n) is 3.61. The number of carbonyl (C=O) groups excluding carboxylic acids is 1. The average Bonchev–Trinajstić information content (AvgIpc) is 2.45. The van der Waals surface area contributed by atoms with Gasteiger partial charge in [0.1, 0.15) is 0 Å². The number of aliphatic carboxylic acids is 2. The number of azo groups is 1. The first kappa shape index (κ1) is 10.0. The number of amides is 1. The van der Waals surface area contributed by atoms with Crippen LogP contribution in [0.25, 0.3) is 0 Å². The molecule has 1 heterocycles. The van der Waals surface area contributed by atoms with Gasteiger partial charge in [-0.3, -0.25) is 9.59 Å². The molecule has 1 atom stereocenters. The van der Waals surface area contributed by atoms with Crippen LogP contribution in [-0.4, -0.2) is 28.1 Å². The van der Waals surface area contributed by atoms with Crippen LogP contribution in [-0.2, 0) is 14.4 Å². The van der Waals surface area contributed by atoms with Gasteiger partial charge in [0.15, 0.2) is 5.70 Å². The van der Waals surface area contributed by atoms with Crippen LogP contribution in [0.15, 0.2) is 21.5 Å². The average molecular weight is 198 g/mol. The Morgan fingerprint density at radius 1 is 1.29 bits per heavy atom. The summed E-state index contributed by atoms with van der Waals surface area (Å²) < 4.78 is 0. The summed E-state index contributed by atoms with van der Waals surface area (Å²) in [6, 6.07) is 0. The molecule has 0 aromatic rings. The fourth-order valence-corrected chi connectivity index (χ4v) is 0.976. The van der Waals surface area contributed by atoms with Crippen molar-refractivity contribution in [2.24, 2.45) is 16.1 Å². The predicted molar refractivity (Wildman–Crippen MR) is 41.3 cm³/mol. The van der Waals surface area contributed by atoms with Crippen molar-refractivity contribution in [1.82, 2.24) is 0 Å². The molecule has 0 spiro atoms. The largest absolute Gasteiger partial charge is 0.481 e. The molecule has 0 radical (unpaired) electrons. The molecule has 1 amide bonds. The number of carboxylic acids is 2. The zero-order chi connectivity index (χ0) is 10.9. The van der Waals surface area contributed by atoms with Gasteiger partial charge in [-0.05, 0) is 6.92 Å². The minimum absolute atomic E-state index is 0.384. The zero-order valence-electron chi connectivity index (χ0n) is 7.09. The lowest BCUT2D eigenvalue weighted by Gasteiger charge is -2.04. The van der Waals surface area contributed by atoms with E-state index >= 15 is 0 Å². The number of hydrogen-bond acceptors (Lipinski definition) is 4. The molecule has 1 rings (SSSR count). The monoisotopic (exact) mass is 198 g/mol. The summed E-state index contributed by atoms with van der Waals surface area (Å²) in [4.78, 5) is 32.1. The first-order chi connectivity index (χ1) is 6.45. The summed E-state index contributed by atoms with van der Waals surface area (Å²) in [6.45, 7) is 1.20. The summed E-state index contributed by atoms with van der Waals surface area (Å²) in [7, 11) is 0. The first-order valence-corrected chi connectivity index (χ1v) is 3.61. The van der Waals surface area contributed by atoms with E-state index in [4.69, 9.17) is 10.2 Å². The third kappa shape index (κ3) is 1.51. The van der Waals surface area contributed by atoms with Crippen molar-refractivity contribution in [2.45, 2.75) is 6.92 Å². The highest BCUT2D eigenvalue weighted by Crippen LogP contribution is 2.24. The number of hydrogen-bond donors (Lipinski definition) is 2. The fourth-order valence-electron chi connectivity index (χ4n) is 0.976. The van der Waals surface area contributed by atoms with Crippen molar-refractivity contribution in [3.05, 3.63) is 11.3 Å². The van der Waals surface area contributed by atoms with Crippen molar-refractivity contribution in [1.29, 1.82) is 0 Å². The highest BCUT2D eigenvalue weighted by molar-refractivity contribution is 6.07. The van der Waals surface area contributed by atoms with E-state index in [1.165, 1.54) is 6.92 Å². The molecule has 7 heteroatoms. The highest BCUT2D eigenvalue weighted by Gasteiger charge is 2.33. The van der Waals surface area contributed by atoms with Crippen molar-refractivity contribution in [3.8, 4) is 0 Å². The maximum Gasteiger partial charge on any atom is 0.356 e. The van der Waals surface area contributed by atoms with Crippen molar-refractivity contribution < 1.29 is 24.6 Å². The molecule has 7 nitrogen and oxygen atoms in total. The second-order valence-electron chi connectivity index (χ2n) is 2.63. The molecule has 74 valence electrons. The van der Waals surface area contributed by atoms with Crippen LogP contribution in [0.3, 0.4) is 0 Å². The third-order valence-electron chi connectivity index (χ3n) is 1.73. The molecule has 0 saturated heterocycles.